The number of nitrogens with one attached hydrogen (secondary N) is 1. The Bertz CT molecular complexity index is 391. The monoisotopic (exact) mass is 279 g/mol. The Morgan fingerprint density at radius 2 is 2.35 bits per heavy atom. The van der Waals surface area contributed by atoms with E-state index in [0.717, 1.165) is 30.9 Å². The van der Waals surface area contributed by atoms with Crippen molar-refractivity contribution in [3.63, 3.8) is 0 Å². The second-order valence-corrected chi connectivity index (χ2v) is 5.27. The van der Waals surface area contributed by atoms with Crippen LogP contribution >= 0.6 is 0 Å². The van der Waals surface area contributed by atoms with Crippen molar-refractivity contribution in [3.8, 4) is 5.75 Å². The summed E-state index contributed by atoms with van der Waals surface area (Å²) in [5, 5.41) is 13.4. The highest BCUT2D eigenvalue weighted by molar-refractivity contribution is 5.29. The molecule has 0 spiro atoms. The van der Waals surface area contributed by atoms with Crippen molar-refractivity contribution in [1.29, 1.82) is 0 Å². The SMILES string of the molecule is COc1cccc(C(O)CNCCC2CCCCO2)c1. The highest BCUT2D eigenvalue weighted by atomic mass is 16.5. The Kier molecular flexibility index (Phi) is 6.30. The highest BCUT2D eigenvalue weighted by Gasteiger charge is 2.13. The minimum absolute atomic E-state index is 0.394. The van der Waals surface area contributed by atoms with Gasteiger partial charge in [-0.2, -0.15) is 0 Å². The maximum Gasteiger partial charge on any atom is 0.119 e. The largest absolute Gasteiger partial charge is 0.497 e. The van der Waals surface area contributed by atoms with E-state index in [1.54, 1.807) is 7.11 Å². The van der Waals surface area contributed by atoms with Crippen LogP contribution < -0.4 is 10.1 Å². The average Bonchev–Trinajstić information content (AvgIpc) is 2.52. The van der Waals surface area contributed by atoms with E-state index in [-0.39, 0.29) is 0 Å². The molecule has 0 radical (unpaired) electrons. The van der Waals surface area contributed by atoms with Crippen molar-refractivity contribution in [2.24, 2.45) is 0 Å². The van der Waals surface area contributed by atoms with Crippen molar-refractivity contribution in [2.75, 3.05) is 26.8 Å². The smallest absolute Gasteiger partial charge is 0.119 e. The zero-order valence-corrected chi connectivity index (χ0v) is 12.2. The Labute approximate surface area is 121 Å². The van der Waals surface area contributed by atoms with E-state index in [2.05, 4.69) is 5.32 Å². The fourth-order valence-electron chi connectivity index (χ4n) is 2.50. The number of rotatable bonds is 7. The first kappa shape index (κ1) is 15.3. The first-order valence-electron chi connectivity index (χ1n) is 7.44. The maximum atomic E-state index is 10.1. The Balaban J connectivity index is 1.67. The molecule has 0 aliphatic carbocycles. The van der Waals surface area contributed by atoms with E-state index in [9.17, 15) is 5.11 Å². The third-order valence-corrected chi connectivity index (χ3v) is 3.73. The topological polar surface area (TPSA) is 50.7 Å². The zero-order chi connectivity index (χ0) is 14.2. The van der Waals surface area contributed by atoms with Crippen LogP contribution in [0, 0.1) is 0 Å². The molecule has 2 atom stereocenters. The van der Waals surface area contributed by atoms with Crippen LogP contribution in [0.4, 0.5) is 0 Å². The Hall–Kier alpha value is -1.10. The predicted molar refractivity (Wildman–Crippen MR) is 79.0 cm³/mol. The molecule has 2 rings (SSSR count). The highest BCUT2D eigenvalue weighted by Crippen LogP contribution is 2.19. The molecule has 2 unspecified atom stereocenters. The Morgan fingerprint density at radius 3 is 3.10 bits per heavy atom. The normalized spacial score (nSPS) is 20.6. The first-order chi connectivity index (χ1) is 9.79. The number of aliphatic hydroxyl groups excluding tert-OH is 1. The van der Waals surface area contributed by atoms with Crippen LogP contribution in [-0.4, -0.2) is 38.0 Å². The van der Waals surface area contributed by atoms with E-state index >= 15 is 0 Å². The van der Waals surface area contributed by atoms with Crippen LogP contribution in [0.2, 0.25) is 0 Å². The molecule has 0 bridgehead atoms. The van der Waals surface area contributed by atoms with Gasteiger partial charge in [0.1, 0.15) is 5.75 Å². The summed E-state index contributed by atoms with van der Waals surface area (Å²) in [6, 6.07) is 7.56. The lowest BCUT2D eigenvalue weighted by molar-refractivity contribution is 0.0111. The Morgan fingerprint density at radius 1 is 1.45 bits per heavy atom. The van der Waals surface area contributed by atoms with Crippen LogP contribution in [0.25, 0.3) is 0 Å². The molecule has 1 heterocycles. The molecule has 0 amide bonds. The molecular weight excluding hydrogens is 254 g/mol. The fourth-order valence-corrected chi connectivity index (χ4v) is 2.50. The summed E-state index contributed by atoms with van der Waals surface area (Å²) < 4.78 is 10.8. The number of methoxy groups -OCH3 is 1. The number of ether oxygens (including phenoxy) is 2. The van der Waals surface area contributed by atoms with Gasteiger partial charge in [0, 0.05) is 13.2 Å². The molecule has 112 valence electrons. The van der Waals surface area contributed by atoms with E-state index in [1.165, 1.54) is 19.3 Å². The summed E-state index contributed by atoms with van der Waals surface area (Å²) in [6.07, 6.45) is 4.54. The quantitative estimate of drug-likeness (QED) is 0.752. The van der Waals surface area contributed by atoms with Crippen LogP contribution in [0.5, 0.6) is 5.75 Å². The summed E-state index contributed by atoms with van der Waals surface area (Å²) >= 11 is 0. The zero-order valence-electron chi connectivity index (χ0n) is 12.2. The van der Waals surface area contributed by atoms with Crippen LogP contribution in [0.1, 0.15) is 37.4 Å². The van der Waals surface area contributed by atoms with E-state index in [1.807, 2.05) is 24.3 Å². The van der Waals surface area contributed by atoms with Crippen molar-refractivity contribution in [2.45, 2.75) is 37.9 Å². The van der Waals surface area contributed by atoms with Crippen LogP contribution in [0.3, 0.4) is 0 Å². The molecule has 4 heteroatoms. The van der Waals surface area contributed by atoms with Gasteiger partial charge in [0.15, 0.2) is 0 Å². The summed E-state index contributed by atoms with van der Waals surface area (Å²) in [7, 11) is 1.63. The number of hydrogen-bond donors (Lipinski definition) is 2. The minimum atomic E-state index is -0.502. The molecule has 0 aromatic heterocycles. The maximum absolute atomic E-state index is 10.1. The summed E-state index contributed by atoms with van der Waals surface area (Å²) in [5.41, 5.74) is 0.880. The van der Waals surface area contributed by atoms with Gasteiger partial charge >= 0.3 is 0 Å². The van der Waals surface area contributed by atoms with Gasteiger partial charge < -0.3 is 19.9 Å². The van der Waals surface area contributed by atoms with E-state index in [4.69, 9.17) is 9.47 Å². The molecular formula is C16H25NO3. The van der Waals surface area contributed by atoms with Gasteiger partial charge in [-0.05, 0) is 49.9 Å². The molecule has 1 saturated heterocycles. The van der Waals surface area contributed by atoms with Gasteiger partial charge in [-0.1, -0.05) is 12.1 Å². The molecule has 4 nitrogen and oxygen atoms in total. The average molecular weight is 279 g/mol. The van der Waals surface area contributed by atoms with Gasteiger partial charge in [-0.15, -0.1) is 0 Å². The molecule has 1 fully saturated rings. The van der Waals surface area contributed by atoms with Gasteiger partial charge in [0.2, 0.25) is 0 Å². The molecule has 2 N–H and O–H groups in total. The second-order valence-electron chi connectivity index (χ2n) is 5.27. The van der Waals surface area contributed by atoms with Crippen molar-refractivity contribution >= 4 is 0 Å². The minimum Gasteiger partial charge on any atom is -0.497 e. The van der Waals surface area contributed by atoms with Crippen molar-refractivity contribution in [1.82, 2.24) is 5.32 Å². The van der Waals surface area contributed by atoms with Crippen LogP contribution in [0.15, 0.2) is 24.3 Å². The number of hydrogen-bond acceptors (Lipinski definition) is 4. The summed E-state index contributed by atoms with van der Waals surface area (Å²) in [5.74, 6) is 0.775. The van der Waals surface area contributed by atoms with Gasteiger partial charge in [-0.3, -0.25) is 0 Å². The van der Waals surface area contributed by atoms with Crippen LogP contribution in [-0.2, 0) is 4.74 Å². The second kappa shape index (κ2) is 8.25. The standard InChI is InChI=1S/C16H25NO3/c1-19-15-7-4-5-13(11-15)16(18)12-17-9-8-14-6-2-3-10-20-14/h4-5,7,11,14,16-18H,2-3,6,8-10,12H2,1H3. The van der Waals surface area contributed by atoms with Crippen molar-refractivity contribution < 1.29 is 14.6 Å². The lowest BCUT2D eigenvalue weighted by Crippen LogP contribution is -2.28. The molecule has 20 heavy (non-hydrogen) atoms. The lowest BCUT2D eigenvalue weighted by atomic mass is 10.1. The molecule has 1 aliphatic rings. The van der Waals surface area contributed by atoms with Gasteiger partial charge in [0.05, 0.1) is 19.3 Å². The van der Waals surface area contributed by atoms with Gasteiger partial charge in [0.25, 0.3) is 0 Å². The summed E-state index contributed by atoms with van der Waals surface area (Å²) in [6.45, 7) is 2.34. The van der Waals surface area contributed by atoms with Gasteiger partial charge in [-0.25, -0.2) is 0 Å². The third-order valence-electron chi connectivity index (χ3n) is 3.73. The molecule has 1 aromatic carbocycles. The number of aliphatic hydroxyl groups is 1. The first-order valence-corrected chi connectivity index (χ1v) is 7.44. The van der Waals surface area contributed by atoms with E-state index < -0.39 is 6.10 Å². The van der Waals surface area contributed by atoms with E-state index in [0.29, 0.717) is 12.6 Å². The fraction of sp³-hybridized carbons (Fsp3) is 0.625. The number of benzene rings is 1. The lowest BCUT2D eigenvalue weighted by Gasteiger charge is -2.22. The third kappa shape index (κ3) is 4.78. The molecule has 1 aromatic rings. The summed E-state index contributed by atoms with van der Waals surface area (Å²) in [4.78, 5) is 0. The predicted octanol–water partition coefficient (Wildman–Crippen LogP) is 2.28. The molecule has 1 aliphatic heterocycles. The van der Waals surface area contributed by atoms with Crippen molar-refractivity contribution in [3.05, 3.63) is 29.8 Å². The molecule has 0 saturated carbocycles.